The second kappa shape index (κ2) is 6.82. The van der Waals surface area contributed by atoms with Gasteiger partial charge in [0.1, 0.15) is 10.6 Å². The van der Waals surface area contributed by atoms with E-state index in [2.05, 4.69) is 5.32 Å². The molecule has 0 unspecified atom stereocenters. The SMILES string of the molecule is Cc1c(S(=O)(=O)N2CCCC2)cc(C(=O)Nc2cccc(Cl)c2)n1C. The van der Waals surface area contributed by atoms with Gasteiger partial charge in [-0.2, -0.15) is 4.31 Å². The molecule has 1 saturated heterocycles. The average Bonchev–Trinajstić information content (AvgIpc) is 3.18. The van der Waals surface area contributed by atoms with Gasteiger partial charge in [-0.15, -0.1) is 0 Å². The van der Waals surface area contributed by atoms with Crippen molar-refractivity contribution in [3.8, 4) is 0 Å². The fourth-order valence-corrected chi connectivity index (χ4v) is 4.96. The lowest BCUT2D eigenvalue weighted by Gasteiger charge is -2.15. The van der Waals surface area contributed by atoms with E-state index in [4.69, 9.17) is 11.6 Å². The maximum Gasteiger partial charge on any atom is 0.272 e. The van der Waals surface area contributed by atoms with Crippen molar-refractivity contribution in [1.82, 2.24) is 8.87 Å². The summed E-state index contributed by atoms with van der Waals surface area (Å²) in [7, 11) is -1.89. The first-order valence-corrected chi connectivity index (χ1v) is 9.86. The van der Waals surface area contributed by atoms with Gasteiger partial charge in [0.05, 0.1) is 0 Å². The molecule has 2 heterocycles. The van der Waals surface area contributed by atoms with Gasteiger partial charge < -0.3 is 9.88 Å². The number of sulfonamides is 1. The summed E-state index contributed by atoms with van der Waals surface area (Å²) in [6.45, 7) is 2.76. The van der Waals surface area contributed by atoms with E-state index in [1.54, 1.807) is 42.8 Å². The van der Waals surface area contributed by atoms with Crippen LogP contribution in [0.1, 0.15) is 29.0 Å². The maximum atomic E-state index is 12.8. The molecule has 8 heteroatoms. The van der Waals surface area contributed by atoms with Gasteiger partial charge in [-0.1, -0.05) is 17.7 Å². The minimum absolute atomic E-state index is 0.188. The van der Waals surface area contributed by atoms with Crippen molar-refractivity contribution < 1.29 is 13.2 Å². The highest BCUT2D eigenvalue weighted by molar-refractivity contribution is 7.89. The third kappa shape index (κ3) is 3.44. The van der Waals surface area contributed by atoms with E-state index in [-0.39, 0.29) is 16.5 Å². The molecular weight excluding hydrogens is 362 g/mol. The largest absolute Gasteiger partial charge is 0.343 e. The molecular formula is C17H20ClN3O3S. The lowest BCUT2D eigenvalue weighted by molar-refractivity contribution is 0.101. The van der Waals surface area contributed by atoms with Gasteiger partial charge in [-0.3, -0.25) is 4.79 Å². The molecule has 0 atom stereocenters. The van der Waals surface area contributed by atoms with Crippen molar-refractivity contribution in [2.24, 2.45) is 7.05 Å². The topological polar surface area (TPSA) is 71.4 Å². The lowest BCUT2D eigenvalue weighted by Crippen LogP contribution is -2.28. The Labute approximate surface area is 152 Å². The summed E-state index contributed by atoms with van der Waals surface area (Å²) in [5.74, 6) is -0.379. The lowest BCUT2D eigenvalue weighted by atomic mass is 10.3. The van der Waals surface area contributed by atoms with Crippen molar-refractivity contribution in [2.75, 3.05) is 18.4 Å². The highest BCUT2D eigenvalue weighted by atomic mass is 35.5. The first-order chi connectivity index (χ1) is 11.8. The predicted octanol–water partition coefficient (Wildman–Crippen LogP) is 3.02. The summed E-state index contributed by atoms with van der Waals surface area (Å²) in [4.78, 5) is 12.8. The Kier molecular flexibility index (Phi) is 4.90. The smallest absolute Gasteiger partial charge is 0.272 e. The van der Waals surface area contributed by atoms with E-state index in [0.29, 0.717) is 29.5 Å². The van der Waals surface area contributed by atoms with Crippen molar-refractivity contribution in [3.05, 3.63) is 46.7 Å². The molecule has 134 valence electrons. The minimum atomic E-state index is -3.57. The van der Waals surface area contributed by atoms with E-state index < -0.39 is 10.0 Å². The minimum Gasteiger partial charge on any atom is -0.343 e. The molecule has 25 heavy (non-hydrogen) atoms. The Balaban J connectivity index is 1.92. The Morgan fingerprint density at radius 3 is 2.52 bits per heavy atom. The van der Waals surface area contributed by atoms with Gasteiger partial charge in [0.2, 0.25) is 10.0 Å². The average molecular weight is 382 g/mol. The molecule has 6 nitrogen and oxygen atoms in total. The molecule has 1 aromatic heterocycles. The van der Waals surface area contributed by atoms with Crippen molar-refractivity contribution in [2.45, 2.75) is 24.7 Å². The van der Waals surface area contributed by atoms with Crippen LogP contribution in [0.4, 0.5) is 5.69 Å². The van der Waals surface area contributed by atoms with Gasteiger partial charge >= 0.3 is 0 Å². The van der Waals surface area contributed by atoms with Crippen LogP contribution in [-0.4, -0.2) is 36.3 Å². The predicted molar refractivity (Wildman–Crippen MR) is 97.5 cm³/mol. The van der Waals surface area contributed by atoms with Gasteiger partial charge in [0, 0.05) is 36.5 Å². The molecule has 1 aliphatic heterocycles. The van der Waals surface area contributed by atoms with Gasteiger partial charge in [-0.25, -0.2) is 8.42 Å². The highest BCUT2D eigenvalue weighted by Crippen LogP contribution is 2.26. The zero-order valence-electron chi connectivity index (χ0n) is 14.1. The number of nitrogens with one attached hydrogen (secondary N) is 1. The first-order valence-electron chi connectivity index (χ1n) is 8.04. The van der Waals surface area contributed by atoms with E-state index in [0.717, 1.165) is 12.8 Å². The zero-order chi connectivity index (χ0) is 18.2. The van der Waals surface area contributed by atoms with Crippen molar-refractivity contribution >= 4 is 33.2 Å². The van der Waals surface area contributed by atoms with Crippen LogP contribution in [0.15, 0.2) is 35.2 Å². The molecule has 1 aliphatic rings. The third-order valence-electron chi connectivity index (χ3n) is 4.49. The molecule has 0 aliphatic carbocycles. The fourth-order valence-electron chi connectivity index (χ4n) is 2.98. The Morgan fingerprint density at radius 1 is 1.20 bits per heavy atom. The van der Waals surface area contributed by atoms with Gasteiger partial charge in [0.25, 0.3) is 5.91 Å². The molecule has 2 aromatic rings. The molecule has 1 aromatic carbocycles. The number of rotatable bonds is 4. The van der Waals surface area contributed by atoms with Gasteiger partial charge in [0.15, 0.2) is 0 Å². The van der Waals surface area contributed by atoms with Crippen LogP contribution in [-0.2, 0) is 17.1 Å². The Morgan fingerprint density at radius 2 is 1.88 bits per heavy atom. The number of benzene rings is 1. The Hall–Kier alpha value is -1.83. The van der Waals surface area contributed by atoms with E-state index >= 15 is 0 Å². The molecule has 0 bridgehead atoms. The normalized spacial score (nSPS) is 15.5. The molecule has 1 fully saturated rings. The maximum absolute atomic E-state index is 12.8. The van der Waals surface area contributed by atoms with Crippen LogP contribution < -0.4 is 5.32 Å². The van der Waals surface area contributed by atoms with E-state index in [1.807, 2.05) is 0 Å². The van der Waals surface area contributed by atoms with Crippen LogP contribution in [0, 0.1) is 6.92 Å². The number of aromatic nitrogens is 1. The van der Waals surface area contributed by atoms with E-state index in [1.165, 1.54) is 10.4 Å². The number of anilines is 1. The Bertz CT molecular complexity index is 915. The number of hydrogen-bond donors (Lipinski definition) is 1. The zero-order valence-corrected chi connectivity index (χ0v) is 15.7. The summed E-state index contributed by atoms with van der Waals surface area (Å²) in [6.07, 6.45) is 1.74. The van der Waals surface area contributed by atoms with Crippen LogP contribution in [0.2, 0.25) is 5.02 Å². The number of amides is 1. The summed E-state index contributed by atoms with van der Waals surface area (Å²) in [5, 5.41) is 3.26. The molecule has 0 spiro atoms. The quantitative estimate of drug-likeness (QED) is 0.884. The third-order valence-corrected chi connectivity index (χ3v) is 6.74. The number of halogens is 1. The van der Waals surface area contributed by atoms with Crippen LogP contribution in [0.3, 0.4) is 0 Å². The standard InChI is InChI=1S/C17H20ClN3O3S/c1-12-16(25(23,24)21-8-3-4-9-21)11-15(20(12)2)17(22)19-14-7-5-6-13(18)10-14/h5-7,10-11H,3-4,8-9H2,1-2H3,(H,19,22). The van der Waals surface area contributed by atoms with E-state index in [9.17, 15) is 13.2 Å². The number of hydrogen-bond acceptors (Lipinski definition) is 3. The molecule has 0 saturated carbocycles. The van der Waals surface area contributed by atoms with Crippen LogP contribution in [0.5, 0.6) is 0 Å². The number of nitrogens with zero attached hydrogens (tertiary/aromatic N) is 2. The van der Waals surface area contributed by atoms with Gasteiger partial charge in [-0.05, 0) is 44.0 Å². The summed E-state index contributed by atoms with van der Waals surface area (Å²) in [5.41, 5.74) is 1.39. The molecule has 1 amide bonds. The molecule has 1 N–H and O–H groups in total. The first kappa shape index (κ1) is 18.0. The fraction of sp³-hybridized carbons (Fsp3) is 0.353. The van der Waals surface area contributed by atoms with Crippen LogP contribution in [0.25, 0.3) is 0 Å². The highest BCUT2D eigenvalue weighted by Gasteiger charge is 2.31. The number of carbonyl (C=O) groups is 1. The monoisotopic (exact) mass is 381 g/mol. The molecule has 0 radical (unpaired) electrons. The molecule has 3 rings (SSSR count). The summed E-state index contributed by atoms with van der Waals surface area (Å²) in [6, 6.07) is 8.25. The van der Waals surface area contributed by atoms with Crippen molar-refractivity contribution in [1.29, 1.82) is 0 Å². The van der Waals surface area contributed by atoms with Crippen molar-refractivity contribution in [3.63, 3.8) is 0 Å². The van der Waals surface area contributed by atoms with Crippen LogP contribution >= 0.6 is 11.6 Å². The second-order valence-electron chi connectivity index (χ2n) is 6.11. The number of carbonyl (C=O) groups excluding carboxylic acids is 1. The second-order valence-corrected chi connectivity index (χ2v) is 8.46. The summed E-state index contributed by atoms with van der Waals surface area (Å²) >= 11 is 5.93. The summed E-state index contributed by atoms with van der Waals surface area (Å²) < 4.78 is 28.7.